The number of aliphatic hydroxyl groups excluding tert-OH is 1. The number of benzene rings is 2. The molecular weight excluding hydrogens is 432 g/mol. The number of amides is 1. The second-order valence-electron chi connectivity index (χ2n) is 7.27. The van der Waals surface area contributed by atoms with Gasteiger partial charge in [0.05, 0.1) is 29.1 Å². The van der Waals surface area contributed by atoms with Crippen molar-refractivity contribution in [2.45, 2.75) is 13.0 Å². The number of hydrogen-bond acceptors (Lipinski definition) is 6. The molecular formula is C24H19ClN2O5. The Morgan fingerprint density at radius 3 is 2.56 bits per heavy atom. The van der Waals surface area contributed by atoms with Crippen molar-refractivity contribution in [1.29, 1.82) is 0 Å². The fraction of sp³-hybridized carbons (Fsp3) is 0.125. The first kappa shape index (κ1) is 21.4. The Balaban J connectivity index is 1.96. The second-order valence-corrected chi connectivity index (χ2v) is 7.67. The lowest BCUT2D eigenvalue weighted by atomic mass is 9.98. The molecule has 32 heavy (non-hydrogen) atoms. The Hall–Kier alpha value is -3.84. The van der Waals surface area contributed by atoms with Gasteiger partial charge in [-0.1, -0.05) is 23.7 Å². The molecule has 1 aliphatic heterocycles. The monoisotopic (exact) mass is 450 g/mol. The quantitative estimate of drug-likeness (QED) is 0.347. The van der Waals surface area contributed by atoms with E-state index in [1.165, 1.54) is 31.5 Å². The Morgan fingerprint density at radius 2 is 1.91 bits per heavy atom. The van der Waals surface area contributed by atoms with Crippen LogP contribution in [0, 0.1) is 6.92 Å². The minimum atomic E-state index is -1.05. The summed E-state index contributed by atoms with van der Waals surface area (Å²) in [5.41, 5.74) is 1.36. The standard InChI is InChI=1S/C24H19ClN2O5/c1-13-6-8-18(28)17(11-13)27-21(16-5-3-4-10-26-16)20(23(30)24(27)31)22(29)14-7-9-19(32-2)15(25)12-14/h3-12,21,28-29H,1-2H3/b22-20-. The molecule has 2 N–H and O–H groups in total. The molecule has 0 saturated carbocycles. The van der Waals surface area contributed by atoms with Crippen LogP contribution in [0.2, 0.25) is 5.02 Å². The van der Waals surface area contributed by atoms with Crippen molar-refractivity contribution in [3.8, 4) is 11.5 Å². The van der Waals surface area contributed by atoms with Crippen LogP contribution in [0.4, 0.5) is 5.69 Å². The minimum absolute atomic E-state index is 0.148. The largest absolute Gasteiger partial charge is 0.507 e. The number of pyridine rings is 1. The van der Waals surface area contributed by atoms with Crippen molar-refractivity contribution in [1.82, 2.24) is 4.98 Å². The molecule has 3 aromatic rings. The number of aromatic hydroxyl groups is 1. The number of carbonyl (C=O) groups is 2. The number of aliphatic hydroxyl groups is 1. The van der Waals surface area contributed by atoms with Crippen LogP contribution >= 0.6 is 11.6 Å². The summed E-state index contributed by atoms with van der Waals surface area (Å²) < 4.78 is 5.14. The Kier molecular flexibility index (Phi) is 5.59. The van der Waals surface area contributed by atoms with Gasteiger partial charge in [-0.2, -0.15) is 0 Å². The van der Waals surface area contributed by atoms with Crippen LogP contribution in [0.3, 0.4) is 0 Å². The Morgan fingerprint density at radius 1 is 1.12 bits per heavy atom. The summed E-state index contributed by atoms with van der Waals surface area (Å²) in [6, 6.07) is 13.3. The Labute approximate surface area is 189 Å². The third-order valence-electron chi connectivity index (χ3n) is 5.23. The topological polar surface area (TPSA) is 100.0 Å². The van der Waals surface area contributed by atoms with Crippen molar-refractivity contribution in [3.05, 3.63) is 88.2 Å². The number of anilines is 1. The summed E-state index contributed by atoms with van der Waals surface area (Å²) in [4.78, 5) is 31.7. The lowest BCUT2D eigenvalue weighted by molar-refractivity contribution is -0.132. The molecule has 1 saturated heterocycles. The van der Waals surface area contributed by atoms with E-state index in [4.69, 9.17) is 16.3 Å². The maximum atomic E-state index is 13.1. The SMILES string of the molecule is COc1ccc(/C(O)=C2/C(=O)C(=O)N(c3cc(C)ccc3O)C2c2ccccn2)cc1Cl. The zero-order valence-corrected chi connectivity index (χ0v) is 18.0. The average Bonchev–Trinajstić information content (AvgIpc) is 3.06. The molecule has 8 heteroatoms. The second kappa shape index (κ2) is 8.36. The highest BCUT2D eigenvalue weighted by Gasteiger charge is 2.48. The molecule has 0 spiro atoms. The van der Waals surface area contributed by atoms with Crippen LogP contribution in [0.5, 0.6) is 11.5 Å². The molecule has 1 unspecified atom stereocenters. The van der Waals surface area contributed by atoms with Gasteiger partial charge in [0, 0.05) is 11.8 Å². The molecule has 4 rings (SSSR count). The van der Waals surface area contributed by atoms with E-state index in [1.807, 2.05) is 0 Å². The summed E-state index contributed by atoms with van der Waals surface area (Å²) in [6.07, 6.45) is 1.52. The predicted octanol–water partition coefficient (Wildman–Crippen LogP) is 4.38. The fourth-order valence-electron chi connectivity index (χ4n) is 3.69. The number of aryl methyl sites for hydroxylation is 1. The van der Waals surface area contributed by atoms with Gasteiger partial charge < -0.3 is 14.9 Å². The van der Waals surface area contributed by atoms with Crippen LogP contribution in [0.15, 0.2) is 66.4 Å². The molecule has 0 bridgehead atoms. The molecule has 2 aromatic carbocycles. The average molecular weight is 451 g/mol. The first-order chi connectivity index (χ1) is 15.3. The maximum Gasteiger partial charge on any atom is 0.300 e. The fourth-order valence-corrected chi connectivity index (χ4v) is 3.95. The summed E-state index contributed by atoms with van der Waals surface area (Å²) >= 11 is 6.20. The van der Waals surface area contributed by atoms with E-state index in [-0.39, 0.29) is 27.6 Å². The van der Waals surface area contributed by atoms with E-state index in [2.05, 4.69) is 4.98 Å². The molecule has 0 radical (unpaired) electrons. The van der Waals surface area contributed by atoms with Gasteiger partial charge in [-0.3, -0.25) is 19.5 Å². The first-order valence-electron chi connectivity index (χ1n) is 9.69. The third kappa shape index (κ3) is 3.56. The van der Waals surface area contributed by atoms with E-state index in [0.29, 0.717) is 11.4 Å². The zero-order chi connectivity index (χ0) is 23.0. The zero-order valence-electron chi connectivity index (χ0n) is 17.2. The minimum Gasteiger partial charge on any atom is -0.507 e. The number of carbonyl (C=O) groups excluding carboxylic acids is 2. The number of rotatable bonds is 4. The number of Topliss-reactive ketones (excluding diaryl/α,β-unsaturated/α-hetero) is 1. The number of aromatic nitrogens is 1. The number of phenols is 1. The van der Waals surface area contributed by atoms with E-state index < -0.39 is 23.5 Å². The molecule has 7 nitrogen and oxygen atoms in total. The van der Waals surface area contributed by atoms with Crippen molar-refractivity contribution in [2.75, 3.05) is 12.0 Å². The summed E-state index contributed by atoms with van der Waals surface area (Å²) in [5.74, 6) is -1.97. The molecule has 0 aliphatic carbocycles. The van der Waals surface area contributed by atoms with Gasteiger partial charge in [-0.25, -0.2) is 0 Å². The molecule has 2 heterocycles. The number of phenolic OH excluding ortho intramolecular Hbond substituents is 1. The van der Waals surface area contributed by atoms with Gasteiger partial charge in [-0.15, -0.1) is 0 Å². The Bertz CT molecular complexity index is 1260. The normalized spacial score (nSPS) is 17.6. The lowest BCUT2D eigenvalue weighted by Crippen LogP contribution is -2.30. The lowest BCUT2D eigenvalue weighted by Gasteiger charge is -2.25. The molecule has 1 atom stereocenters. The summed E-state index contributed by atoms with van der Waals surface area (Å²) in [5, 5.41) is 21.8. The van der Waals surface area contributed by atoms with Crippen LogP contribution in [0.1, 0.15) is 22.9 Å². The van der Waals surface area contributed by atoms with Crippen molar-refractivity contribution in [3.63, 3.8) is 0 Å². The van der Waals surface area contributed by atoms with E-state index in [0.717, 1.165) is 10.5 Å². The number of nitrogens with zero attached hydrogens (tertiary/aromatic N) is 2. The smallest absolute Gasteiger partial charge is 0.300 e. The number of methoxy groups -OCH3 is 1. The molecule has 1 amide bonds. The number of ketones is 1. The summed E-state index contributed by atoms with van der Waals surface area (Å²) in [6.45, 7) is 1.80. The van der Waals surface area contributed by atoms with E-state index >= 15 is 0 Å². The van der Waals surface area contributed by atoms with Crippen LogP contribution < -0.4 is 9.64 Å². The highest BCUT2D eigenvalue weighted by atomic mass is 35.5. The van der Waals surface area contributed by atoms with Gasteiger partial charge in [-0.05, 0) is 55.0 Å². The van der Waals surface area contributed by atoms with Gasteiger partial charge >= 0.3 is 0 Å². The molecule has 1 fully saturated rings. The van der Waals surface area contributed by atoms with Crippen molar-refractivity contribution in [2.24, 2.45) is 0 Å². The van der Waals surface area contributed by atoms with Gasteiger partial charge in [0.15, 0.2) is 0 Å². The molecule has 162 valence electrons. The van der Waals surface area contributed by atoms with Crippen LogP contribution in [0.25, 0.3) is 5.76 Å². The van der Waals surface area contributed by atoms with Crippen LogP contribution in [-0.4, -0.2) is 34.0 Å². The van der Waals surface area contributed by atoms with Crippen molar-refractivity contribution >= 4 is 34.7 Å². The number of halogens is 1. The highest BCUT2D eigenvalue weighted by Crippen LogP contribution is 2.44. The predicted molar refractivity (Wildman–Crippen MR) is 120 cm³/mol. The molecule has 1 aromatic heterocycles. The first-order valence-corrected chi connectivity index (χ1v) is 10.1. The number of ether oxygens (including phenoxy) is 1. The number of hydrogen-bond donors (Lipinski definition) is 2. The third-order valence-corrected chi connectivity index (χ3v) is 5.52. The van der Waals surface area contributed by atoms with Gasteiger partial charge in [0.25, 0.3) is 11.7 Å². The van der Waals surface area contributed by atoms with E-state index in [9.17, 15) is 19.8 Å². The highest BCUT2D eigenvalue weighted by molar-refractivity contribution is 6.52. The van der Waals surface area contributed by atoms with Crippen molar-refractivity contribution < 1.29 is 24.5 Å². The summed E-state index contributed by atoms with van der Waals surface area (Å²) in [7, 11) is 1.46. The maximum absolute atomic E-state index is 13.1. The van der Waals surface area contributed by atoms with E-state index in [1.54, 1.807) is 43.3 Å². The van der Waals surface area contributed by atoms with Crippen LogP contribution in [-0.2, 0) is 9.59 Å². The van der Waals surface area contributed by atoms with Gasteiger partial charge in [0.1, 0.15) is 23.3 Å². The molecule has 1 aliphatic rings. The van der Waals surface area contributed by atoms with Gasteiger partial charge in [0.2, 0.25) is 0 Å².